The Balaban J connectivity index is 1.87. The predicted molar refractivity (Wildman–Crippen MR) is 143 cm³/mol. The van der Waals surface area contributed by atoms with Crippen molar-refractivity contribution in [2.75, 3.05) is 44.4 Å². The molecule has 2 N–H and O–H groups in total. The number of aryl methyl sites for hydroxylation is 1. The van der Waals surface area contributed by atoms with Gasteiger partial charge in [-0.05, 0) is 83.3 Å². The molecular weight excluding hydrogens is 514 g/mol. The van der Waals surface area contributed by atoms with E-state index in [1.54, 1.807) is 0 Å². The van der Waals surface area contributed by atoms with Crippen LogP contribution in [0.3, 0.4) is 0 Å². The standard InChI is InChI=1S/C26H32BrN3O3S/c1-4-34(32)22-8-5-7-20(16-22)21-9-10-25(33-14-6-11-30(3)12-13-31)24(17-21)29-26-23(27)15-19(2)18-28-26/h5,7-10,15-18,31H,4,6,11-14H2,1-3H3,(H,28,29). The maximum Gasteiger partial charge on any atom is 0.144 e. The molecule has 1 heterocycles. The third-order valence-electron chi connectivity index (χ3n) is 5.33. The number of pyridine rings is 1. The fourth-order valence-corrected chi connectivity index (χ4v) is 4.85. The van der Waals surface area contributed by atoms with Gasteiger partial charge >= 0.3 is 0 Å². The first-order chi connectivity index (χ1) is 16.4. The summed E-state index contributed by atoms with van der Waals surface area (Å²) in [5.74, 6) is 2.02. The van der Waals surface area contributed by atoms with E-state index in [0.717, 1.165) is 50.5 Å². The summed E-state index contributed by atoms with van der Waals surface area (Å²) in [7, 11) is 0.976. The molecule has 6 nitrogen and oxygen atoms in total. The molecule has 1 unspecified atom stereocenters. The lowest BCUT2D eigenvalue weighted by Gasteiger charge is -2.18. The van der Waals surface area contributed by atoms with E-state index < -0.39 is 10.8 Å². The highest BCUT2D eigenvalue weighted by molar-refractivity contribution is 9.10. The van der Waals surface area contributed by atoms with Gasteiger partial charge in [-0.3, -0.25) is 4.21 Å². The number of likely N-dealkylation sites (N-methyl/N-ethyl adjacent to an activating group) is 1. The molecule has 0 fully saturated rings. The van der Waals surface area contributed by atoms with Crippen LogP contribution in [0.1, 0.15) is 18.9 Å². The number of aliphatic hydroxyl groups excluding tert-OH is 1. The van der Waals surface area contributed by atoms with Crippen LogP contribution in [-0.2, 0) is 10.8 Å². The summed E-state index contributed by atoms with van der Waals surface area (Å²) in [6, 6.07) is 15.9. The van der Waals surface area contributed by atoms with Gasteiger partial charge < -0.3 is 20.1 Å². The number of nitrogens with one attached hydrogen (secondary N) is 1. The van der Waals surface area contributed by atoms with Crippen molar-refractivity contribution in [3.8, 4) is 16.9 Å². The maximum atomic E-state index is 12.3. The van der Waals surface area contributed by atoms with Gasteiger partial charge in [0.25, 0.3) is 0 Å². The Morgan fingerprint density at radius 3 is 2.68 bits per heavy atom. The number of ether oxygens (including phenoxy) is 1. The molecule has 3 aromatic rings. The van der Waals surface area contributed by atoms with Crippen LogP contribution in [0.15, 0.2) is 64.1 Å². The van der Waals surface area contributed by atoms with Crippen LogP contribution in [0.4, 0.5) is 11.5 Å². The Kier molecular flexibility index (Phi) is 10.1. The van der Waals surface area contributed by atoms with Crippen molar-refractivity contribution in [2.24, 2.45) is 0 Å². The zero-order valence-corrected chi connectivity index (χ0v) is 22.3. The molecule has 0 bridgehead atoms. The number of aliphatic hydroxyl groups is 1. The normalized spacial score (nSPS) is 12.1. The zero-order valence-electron chi connectivity index (χ0n) is 19.9. The summed E-state index contributed by atoms with van der Waals surface area (Å²) < 4.78 is 19.3. The minimum absolute atomic E-state index is 0.151. The first-order valence-electron chi connectivity index (χ1n) is 11.4. The third-order valence-corrected chi connectivity index (χ3v) is 7.24. The van der Waals surface area contributed by atoms with Crippen LogP contribution < -0.4 is 10.1 Å². The molecule has 0 aliphatic rings. The number of benzene rings is 2. The fourth-order valence-electron chi connectivity index (χ4n) is 3.47. The number of nitrogens with zero attached hydrogens (tertiary/aromatic N) is 2. The number of hydrogen-bond donors (Lipinski definition) is 2. The molecule has 3 rings (SSSR count). The number of aromatic nitrogens is 1. The molecule has 1 aromatic heterocycles. The van der Waals surface area contributed by atoms with Gasteiger partial charge in [-0.25, -0.2) is 4.98 Å². The highest BCUT2D eigenvalue weighted by atomic mass is 79.9. The highest BCUT2D eigenvalue weighted by Crippen LogP contribution is 2.35. The van der Waals surface area contributed by atoms with Crippen molar-refractivity contribution >= 4 is 38.2 Å². The van der Waals surface area contributed by atoms with E-state index in [1.807, 2.05) is 75.6 Å². The number of anilines is 2. The molecule has 0 radical (unpaired) electrons. The molecule has 0 amide bonds. The quantitative estimate of drug-likeness (QED) is 0.297. The van der Waals surface area contributed by atoms with Gasteiger partial charge in [0.2, 0.25) is 0 Å². The lowest BCUT2D eigenvalue weighted by atomic mass is 10.0. The van der Waals surface area contributed by atoms with Gasteiger partial charge in [-0.1, -0.05) is 25.1 Å². The van der Waals surface area contributed by atoms with Gasteiger partial charge in [0.1, 0.15) is 11.6 Å². The van der Waals surface area contributed by atoms with Crippen molar-refractivity contribution in [3.05, 3.63) is 64.8 Å². The Morgan fingerprint density at radius 1 is 1.15 bits per heavy atom. The molecule has 1 atom stereocenters. The number of rotatable bonds is 12. The van der Waals surface area contributed by atoms with Gasteiger partial charge in [-0.2, -0.15) is 0 Å². The number of hydrogen-bond acceptors (Lipinski definition) is 6. The second-order valence-electron chi connectivity index (χ2n) is 8.07. The SMILES string of the molecule is CCS(=O)c1cccc(-c2ccc(OCCCN(C)CCO)c(Nc3ncc(C)cc3Br)c2)c1. The minimum Gasteiger partial charge on any atom is -0.491 e. The van der Waals surface area contributed by atoms with Gasteiger partial charge in [0.15, 0.2) is 0 Å². The van der Waals surface area contributed by atoms with E-state index in [2.05, 4.69) is 31.1 Å². The molecule has 34 heavy (non-hydrogen) atoms. The first kappa shape index (κ1) is 26.3. The summed E-state index contributed by atoms with van der Waals surface area (Å²) in [5, 5.41) is 12.5. The summed E-state index contributed by atoms with van der Waals surface area (Å²) in [6.45, 7) is 6.11. The van der Waals surface area contributed by atoms with Gasteiger partial charge in [-0.15, -0.1) is 0 Å². The molecule has 0 spiro atoms. The lowest BCUT2D eigenvalue weighted by Crippen LogP contribution is -2.24. The topological polar surface area (TPSA) is 74.7 Å². The van der Waals surface area contributed by atoms with Gasteiger partial charge in [0.05, 0.1) is 34.2 Å². The second kappa shape index (κ2) is 13.0. The van der Waals surface area contributed by atoms with E-state index in [9.17, 15) is 4.21 Å². The summed E-state index contributed by atoms with van der Waals surface area (Å²) in [4.78, 5) is 7.42. The molecule has 2 aromatic carbocycles. The van der Waals surface area contributed by atoms with Crippen molar-refractivity contribution in [1.82, 2.24) is 9.88 Å². The van der Waals surface area contributed by atoms with Crippen molar-refractivity contribution in [3.63, 3.8) is 0 Å². The Bertz CT molecular complexity index is 1130. The van der Waals surface area contributed by atoms with Crippen LogP contribution in [-0.4, -0.2) is 58.3 Å². The number of halogens is 1. The van der Waals surface area contributed by atoms with E-state index in [0.29, 0.717) is 24.7 Å². The van der Waals surface area contributed by atoms with Gasteiger partial charge in [0, 0.05) is 29.9 Å². The average Bonchev–Trinajstić information content (AvgIpc) is 2.84. The summed E-state index contributed by atoms with van der Waals surface area (Å²) in [5.41, 5.74) is 3.86. The van der Waals surface area contributed by atoms with E-state index in [1.165, 1.54) is 0 Å². The maximum absolute atomic E-state index is 12.3. The first-order valence-corrected chi connectivity index (χ1v) is 13.5. The van der Waals surface area contributed by atoms with Crippen LogP contribution >= 0.6 is 15.9 Å². The average molecular weight is 547 g/mol. The van der Waals surface area contributed by atoms with Crippen LogP contribution in [0.5, 0.6) is 5.75 Å². The molecule has 8 heteroatoms. The molecule has 0 aliphatic heterocycles. The van der Waals surface area contributed by atoms with Crippen LogP contribution in [0.2, 0.25) is 0 Å². The molecular formula is C26H32BrN3O3S. The smallest absolute Gasteiger partial charge is 0.144 e. The monoisotopic (exact) mass is 545 g/mol. The molecule has 0 saturated carbocycles. The second-order valence-corrected chi connectivity index (χ2v) is 10.7. The van der Waals surface area contributed by atoms with Crippen LogP contribution in [0.25, 0.3) is 11.1 Å². The van der Waals surface area contributed by atoms with Crippen molar-refractivity contribution in [1.29, 1.82) is 0 Å². The summed E-state index contributed by atoms with van der Waals surface area (Å²) in [6.07, 6.45) is 2.66. The van der Waals surface area contributed by atoms with E-state index in [-0.39, 0.29) is 6.61 Å². The highest BCUT2D eigenvalue weighted by Gasteiger charge is 2.12. The van der Waals surface area contributed by atoms with Crippen LogP contribution in [0, 0.1) is 6.92 Å². The lowest BCUT2D eigenvalue weighted by molar-refractivity contribution is 0.208. The Labute approximate surface area is 213 Å². The molecule has 0 aliphatic carbocycles. The zero-order chi connectivity index (χ0) is 24.5. The molecule has 0 saturated heterocycles. The Morgan fingerprint density at radius 2 is 1.94 bits per heavy atom. The van der Waals surface area contributed by atoms with E-state index in [4.69, 9.17) is 9.84 Å². The predicted octanol–water partition coefficient (Wildman–Crippen LogP) is 5.38. The van der Waals surface area contributed by atoms with E-state index >= 15 is 0 Å². The molecule has 182 valence electrons. The van der Waals surface area contributed by atoms with Crippen molar-refractivity contribution in [2.45, 2.75) is 25.2 Å². The Hall–Kier alpha value is -2.26. The minimum atomic E-state index is -1.01. The fraction of sp³-hybridized carbons (Fsp3) is 0.346. The van der Waals surface area contributed by atoms with Crippen molar-refractivity contribution < 1.29 is 14.1 Å². The third kappa shape index (κ3) is 7.37. The largest absolute Gasteiger partial charge is 0.491 e. The summed E-state index contributed by atoms with van der Waals surface area (Å²) >= 11 is 3.59.